The molecule has 0 unspecified atom stereocenters. The number of hydrogen-bond acceptors (Lipinski definition) is 4. The molecule has 9 heteroatoms. The van der Waals surface area contributed by atoms with Gasteiger partial charge in [0, 0.05) is 37.4 Å². The van der Waals surface area contributed by atoms with Crippen molar-refractivity contribution in [3.8, 4) is 0 Å². The summed E-state index contributed by atoms with van der Waals surface area (Å²) in [6, 6.07) is 12.1. The lowest BCUT2D eigenvalue weighted by Crippen LogP contribution is -2.38. The van der Waals surface area contributed by atoms with E-state index >= 15 is 0 Å². The molecule has 1 aliphatic rings. The standard InChI is InChI=1S/C21H24FN3O4S/c1-30(28,29)23-19-9-5-17(6-10-19)21(27)25-12-2-11-24(13-14-25)20(26)15-16-3-7-18(22)8-4-16/h3-10,23H,2,11-15H2,1H3. The number of nitrogens with one attached hydrogen (secondary N) is 1. The van der Waals surface area contributed by atoms with Crippen LogP contribution in [0.15, 0.2) is 48.5 Å². The van der Waals surface area contributed by atoms with Gasteiger partial charge < -0.3 is 9.80 Å². The van der Waals surface area contributed by atoms with Gasteiger partial charge in [-0.05, 0) is 48.4 Å². The number of benzene rings is 2. The summed E-state index contributed by atoms with van der Waals surface area (Å²) in [5.41, 5.74) is 1.60. The maximum absolute atomic E-state index is 13.0. The Morgan fingerprint density at radius 1 is 0.933 bits per heavy atom. The molecule has 0 atom stereocenters. The highest BCUT2D eigenvalue weighted by molar-refractivity contribution is 7.92. The van der Waals surface area contributed by atoms with Crippen LogP contribution in [0.5, 0.6) is 0 Å². The van der Waals surface area contributed by atoms with Gasteiger partial charge in [-0.3, -0.25) is 14.3 Å². The first kappa shape index (κ1) is 21.8. The van der Waals surface area contributed by atoms with Crippen molar-refractivity contribution in [2.45, 2.75) is 12.8 Å². The Bertz CT molecular complexity index is 1010. The van der Waals surface area contributed by atoms with Crippen LogP contribution >= 0.6 is 0 Å². The van der Waals surface area contributed by atoms with Crippen molar-refractivity contribution in [2.75, 3.05) is 37.2 Å². The number of amides is 2. The third-order valence-electron chi connectivity index (χ3n) is 4.84. The highest BCUT2D eigenvalue weighted by atomic mass is 32.2. The van der Waals surface area contributed by atoms with E-state index in [1.54, 1.807) is 46.2 Å². The number of carbonyl (C=O) groups excluding carboxylic acids is 2. The molecule has 0 aliphatic carbocycles. The van der Waals surface area contributed by atoms with Gasteiger partial charge in [-0.2, -0.15) is 0 Å². The Labute approximate surface area is 175 Å². The summed E-state index contributed by atoms with van der Waals surface area (Å²) in [5, 5.41) is 0. The first-order valence-electron chi connectivity index (χ1n) is 9.60. The molecule has 2 aromatic carbocycles. The van der Waals surface area contributed by atoms with Crippen LogP contribution in [0.2, 0.25) is 0 Å². The molecule has 0 saturated carbocycles. The molecular formula is C21H24FN3O4S. The number of sulfonamides is 1. The molecule has 7 nitrogen and oxygen atoms in total. The lowest BCUT2D eigenvalue weighted by molar-refractivity contribution is -0.130. The zero-order chi connectivity index (χ0) is 21.7. The van der Waals surface area contributed by atoms with Gasteiger partial charge in [-0.15, -0.1) is 0 Å². The lowest BCUT2D eigenvalue weighted by atomic mass is 10.1. The Hall–Kier alpha value is -2.94. The van der Waals surface area contributed by atoms with E-state index in [0.29, 0.717) is 43.9 Å². The summed E-state index contributed by atoms with van der Waals surface area (Å²) >= 11 is 0. The van der Waals surface area contributed by atoms with E-state index in [1.807, 2.05) is 0 Å². The van der Waals surface area contributed by atoms with Gasteiger partial charge in [0.25, 0.3) is 5.91 Å². The van der Waals surface area contributed by atoms with Crippen molar-refractivity contribution in [3.63, 3.8) is 0 Å². The molecule has 1 N–H and O–H groups in total. The third kappa shape index (κ3) is 6.03. The van der Waals surface area contributed by atoms with Crippen molar-refractivity contribution >= 4 is 27.5 Å². The summed E-state index contributed by atoms with van der Waals surface area (Å²) in [7, 11) is -3.38. The fourth-order valence-electron chi connectivity index (χ4n) is 3.34. The van der Waals surface area contributed by atoms with Crippen LogP contribution in [0.3, 0.4) is 0 Å². The Balaban J connectivity index is 1.58. The summed E-state index contributed by atoms with van der Waals surface area (Å²) in [6.07, 6.45) is 1.92. The maximum Gasteiger partial charge on any atom is 0.253 e. The second kappa shape index (κ2) is 9.25. The Kier molecular flexibility index (Phi) is 6.71. The zero-order valence-corrected chi connectivity index (χ0v) is 17.5. The monoisotopic (exact) mass is 433 g/mol. The molecule has 0 aromatic heterocycles. The lowest BCUT2D eigenvalue weighted by Gasteiger charge is -2.22. The second-order valence-corrected chi connectivity index (χ2v) is 9.03. The molecule has 2 amide bonds. The molecule has 0 bridgehead atoms. The molecular weight excluding hydrogens is 409 g/mol. The minimum absolute atomic E-state index is 0.0490. The van der Waals surface area contributed by atoms with Crippen LogP contribution in [-0.2, 0) is 21.2 Å². The van der Waals surface area contributed by atoms with E-state index in [-0.39, 0.29) is 24.1 Å². The number of hydrogen-bond donors (Lipinski definition) is 1. The molecule has 2 aromatic rings. The molecule has 0 radical (unpaired) electrons. The molecule has 0 spiro atoms. The van der Waals surface area contributed by atoms with Crippen molar-refractivity contribution in [2.24, 2.45) is 0 Å². The minimum Gasteiger partial charge on any atom is -0.341 e. The molecule has 1 heterocycles. The van der Waals surface area contributed by atoms with Gasteiger partial charge in [-0.25, -0.2) is 12.8 Å². The van der Waals surface area contributed by atoms with Crippen LogP contribution in [0.4, 0.5) is 10.1 Å². The first-order valence-corrected chi connectivity index (χ1v) is 11.5. The molecule has 1 saturated heterocycles. The largest absolute Gasteiger partial charge is 0.341 e. The van der Waals surface area contributed by atoms with Gasteiger partial charge in [-0.1, -0.05) is 12.1 Å². The molecule has 30 heavy (non-hydrogen) atoms. The van der Waals surface area contributed by atoms with Crippen LogP contribution in [0.1, 0.15) is 22.3 Å². The summed E-state index contributed by atoms with van der Waals surface area (Å²) in [6.45, 7) is 1.93. The van der Waals surface area contributed by atoms with E-state index < -0.39 is 10.0 Å². The van der Waals surface area contributed by atoms with E-state index in [2.05, 4.69) is 4.72 Å². The highest BCUT2D eigenvalue weighted by Gasteiger charge is 2.23. The van der Waals surface area contributed by atoms with Gasteiger partial charge in [0.15, 0.2) is 0 Å². The number of carbonyl (C=O) groups is 2. The first-order chi connectivity index (χ1) is 14.2. The normalized spacial score (nSPS) is 14.9. The molecule has 1 fully saturated rings. The van der Waals surface area contributed by atoms with Crippen molar-refractivity contribution in [3.05, 3.63) is 65.5 Å². The van der Waals surface area contributed by atoms with Crippen molar-refractivity contribution in [1.82, 2.24) is 9.80 Å². The van der Waals surface area contributed by atoms with Gasteiger partial charge in [0.2, 0.25) is 15.9 Å². The summed E-state index contributed by atoms with van der Waals surface area (Å²) in [5.74, 6) is -0.545. The van der Waals surface area contributed by atoms with Crippen LogP contribution in [-0.4, -0.2) is 62.5 Å². The number of anilines is 1. The van der Waals surface area contributed by atoms with E-state index in [4.69, 9.17) is 0 Å². The summed E-state index contributed by atoms with van der Waals surface area (Å²) < 4.78 is 38.0. The fourth-order valence-corrected chi connectivity index (χ4v) is 3.90. The third-order valence-corrected chi connectivity index (χ3v) is 5.45. The smallest absolute Gasteiger partial charge is 0.253 e. The topological polar surface area (TPSA) is 86.8 Å². The SMILES string of the molecule is CS(=O)(=O)Nc1ccc(C(=O)N2CCCN(C(=O)Cc3ccc(F)cc3)CC2)cc1. The number of nitrogens with zero attached hydrogens (tertiary/aromatic N) is 2. The average molecular weight is 434 g/mol. The Morgan fingerprint density at radius 2 is 1.53 bits per heavy atom. The fraction of sp³-hybridized carbons (Fsp3) is 0.333. The van der Waals surface area contributed by atoms with Gasteiger partial charge >= 0.3 is 0 Å². The molecule has 1 aliphatic heterocycles. The highest BCUT2D eigenvalue weighted by Crippen LogP contribution is 2.15. The van der Waals surface area contributed by atoms with E-state index in [9.17, 15) is 22.4 Å². The average Bonchev–Trinajstić information content (AvgIpc) is 2.95. The number of halogens is 1. The second-order valence-electron chi connectivity index (χ2n) is 7.28. The van der Waals surface area contributed by atoms with Crippen molar-refractivity contribution in [1.29, 1.82) is 0 Å². The van der Waals surface area contributed by atoms with Crippen LogP contribution in [0.25, 0.3) is 0 Å². The Morgan fingerprint density at radius 3 is 2.17 bits per heavy atom. The van der Waals surface area contributed by atoms with Gasteiger partial charge in [0.1, 0.15) is 5.82 Å². The molecule has 3 rings (SSSR count). The zero-order valence-electron chi connectivity index (χ0n) is 16.7. The van der Waals surface area contributed by atoms with Gasteiger partial charge in [0.05, 0.1) is 12.7 Å². The van der Waals surface area contributed by atoms with E-state index in [0.717, 1.165) is 11.8 Å². The predicted molar refractivity (Wildman–Crippen MR) is 112 cm³/mol. The quantitative estimate of drug-likeness (QED) is 0.783. The predicted octanol–water partition coefficient (Wildman–Crippen LogP) is 2.11. The maximum atomic E-state index is 13.0. The number of rotatable bonds is 5. The van der Waals surface area contributed by atoms with Crippen LogP contribution < -0.4 is 4.72 Å². The van der Waals surface area contributed by atoms with E-state index in [1.165, 1.54) is 12.1 Å². The summed E-state index contributed by atoms with van der Waals surface area (Å²) in [4.78, 5) is 28.8. The van der Waals surface area contributed by atoms with Crippen molar-refractivity contribution < 1.29 is 22.4 Å². The van der Waals surface area contributed by atoms with Crippen LogP contribution in [0, 0.1) is 5.82 Å². The minimum atomic E-state index is -3.38. The molecule has 160 valence electrons.